The number of nitriles is 1. The van der Waals surface area contributed by atoms with Crippen molar-refractivity contribution in [2.45, 2.75) is 0 Å². The summed E-state index contributed by atoms with van der Waals surface area (Å²) in [6, 6.07) is 14.9. The number of benzene rings is 2. The van der Waals surface area contributed by atoms with Crippen LogP contribution in [0.2, 0.25) is 0 Å². The number of nitrogens with one attached hydrogen (secondary N) is 1. The molecule has 0 unspecified atom stereocenters. The van der Waals surface area contributed by atoms with Gasteiger partial charge in [0.15, 0.2) is 6.61 Å². The molecule has 0 fully saturated rings. The molecule has 2 amide bonds. The molecule has 0 radical (unpaired) electrons. The van der Waals surface area contributed by atoms with Crippen LogP contribution in [0, 0.1) is 11.3 Å². The molecule has 6 heteroatoms. The Morgan fingerprint density at radius 3 is 2.48 bits per heavy atom. The van der Waals surface area contributed by atoms with Gasteiger partial charge in [0.25, 0.3) is 11.8 Å². The summed E-state index contributed by atoms with van der Waals surface area (Å²) in [7, 11) is 1.52. The van der Waals surface area contributed by atoms with Crippen LogP contribution in [-0.2, 0) is 4.79 Å². The van der Waals surface area contributed by atoms with Gasteiger partial charge in [-0.3, -0.25) is 14.9 Å². The third-order valence-electron chi connectivity index (χ3n) is 2.97. The fourth-order valence-electron chi connectivity index (χ4n) is 1.81. The van der Waals surface area contributed by atoms with Crippen LogP contribution in [-0.4, -0.2) is 25.5 Å². The van der Waals surface area contributed by atoms with Gasteiger partial charge < -0.3 is 9.47 Å². The average Bonchev–Trinajstić information content (AvgIpc) is 2.60. The number of nitrogens with zero attached hydrogens (tertiary/aromatic N) is 1. The van der Waals surface area contributed by atoms with Crippen LogP contribution in [0.3, 0.4) is 0 Å². The minimum absolute atomic E-state index is 0.294. The lowest BCUT2D eigenvalue weighted by molar-refractivity contribution is -0.122. The summed E-state index contributed by atoms with van der Waals surface area (Å²) < 4.78 is 10.3. The van der Waals surface area contributed by atoms with Crippen LogP contribution < -0.4 is 14.8 Å². The van der Waals surface area contributed by atoms with Gasteiger partial charge in [-0.15, -0.1) is 0 Å². The van der Waals surface area contributed by atoms with Crippen LogP contribution in [0.1, 0.15) is 15.9 Å². The first-order valence-corrected chi connectivity index (χ1v) is 6.74. The van der Waals surface area contributed by atoms with Crippen molar-refractivity contribution in [3.05, 3.63) is 59.7 Å². The van der Waals surface area contributed by atoms with Gasteiger partial charge in [0, 0.05) is 5.56 Å². The Hall–Kier alpha value is -3.33. The maximum atomic E-state index is 11.9. The van der Waals surface area contributed by atoms with Crippen molar-refractivity contribution in [3.63, 3.8) is 0 Å². The molecule has 23 heavy (non-hydrogen) atoms. The predicted molar refractivity (Wildman–Crippen MR) is 82.1 cm³/mol. The molecule has 0 bridgehead atoms. The molecule has 0 aromatic heterocycles. The molecule has 2 aromatic rings. The molecule has 0 aliphatic heterocycles. The SMILES string of the molecule is COc1ccc(C(=O)NC(=O)COc2ccccc2C#N)cc1. The highest BCUT2D eigenvalue weighted by Crippen LogP contribution is 2.16. The molecule has 0 saturated heterocycles. The summed E-state index contributed by atoms with van der Waals surface area (Å²) in [5, 5.41) is 11.1. The monoisotopic (exact) mass is 310 g/mol. The van der Waals surface area contributed by atoms with Crippen LogP contribution in [0.15, 0.2) is 48.5 Å². The van der Waals surface area contributed by atoms with Crippen LogP contribution in [0.5, 0.6) is 11.5 Å². The normalized spacial score (nSPS) is 9.57. The van der Waals surface area contributed by atoms with E-state index in [1.807, 2.05) is 6.07 Å². The maximum Gasteiger partial charge on any atom is 0.264 e. The Labute approximate surface area is 133 Å². The fraction of sp³-hybridized carbons (Fsp3) is 0.118. The van der Waals surface area contributed by atoms with Crippen molar-refractivity contribution in [2.24, 2.45) is 0 Å². The van der Waals surface area contributed by atoms with Crippen molar-refractivity contribution in [3.8, 4) is 17.6 Å². The molecule has 0 aliphatic rings. The first kappa shape index (κ1) is 16.0. The van der Waals surface area contributed by atoms with Crippen LogP contribution in [0.4, 0.5) is 0 Å². The van der Waals surface area contributed by atoms with Crippen molar-refractivity contribution < 1.29 is 19.1 Å². The molecule has 0 aliphatic carbocycles. The second-order valence-electron chi connectivity index (χ2n) is 4.50. The lowest BCUT2D eigenvalue weighted by atomic mass is 10.2. The van der Waals surface area contributed by atoms with Crippen molar-refractivity contribution in [2.75, 3.05) is 13.7 Å². The van der Waals surface area contributed by atoms with E-state index in [2.05, 4.69) is 5.32 Å². The minimum Gasteiger partial charge on any atom is -0.497 e. The topological polar surface area (TPSA) is 88.4 Å². The number of carbonyl (C=O) groups is 2. The number of hydrogen-bond acceptors (Lipinski definition) is 5. The van der Waals surface area contributed by atoms with E-state index < -0.39 is 11.8 Å². The number of para-hydroxylation sites is 1. The molecule has 1 N–H and O–H groups in total. The molecule has 0 heterocycles. The highest BCUT2D eigenvalue weighted by Gasteiger charge is 2.12. The zero-order valence-corrected chi connectivity index (χ0v) is 12.4. The van der Waals surface area contributed by atoms with Gasteiger partial charge in [0.05, 0.1) is 12.7 Å². The maximum absolute atomic E-state index is 11.9. The second kappa shape index (κ2) is 7.61. The zero-order valence-electron chi connectivity index (χ0n) is 12.4. The van der Waals surface area contributed by atoms with Crippen molar-refractivity contribution in [1.82, 2.24) is 5.32 Å². The van der Waals surface area contributed by atoms with Gasteiger partial charge in [-0.25, -0.2) is 0 Å². The van der Waals surface area contributed by atoms with Gasteiger partial charge in [-0.05, 0) is 36.4 Å². The molecule has 2 aromatic carbocycles. The zero-order chi connectivity index (χ0) is 16.7. The molecule has 0 spiro atoms. The van der Waals surface area contributed by atoms with Gasteiger partial charge in [-0.1, -0.05) is 12.1 Å². The van der Waals surface area contributed by atoms with Crippen LogP contribution in [0.25, 0.3) is 0 Å². The Kier molecular flexibility index (Phi) is 5.31. The number of amides is 2. The molecule has 6 nitrogen and oxygen atoms in total. The lowest BCUT2D eigenvalue weighted by Crippen LogP contribution is -2.34. The molecular weight excluding hydrogens is 296 g/mol. The van der Waals surface area contributed by atoms with E-state index >= 15 is 0 Å². The second-order valence-corrected chi connectivity index (χ2v) is 4.50. The summed E-state index contributed by atoms with van der Waals surface area (Å²) in [4.78, 5) is 23.7. The third-order valence-corrected chi connectivity index (χ3v) is 2.97. The Balaban J connectivity index is 1.91. The molecule has 116 valence electrons. The Morgan fingerprint density at radius 2 is 1.83 bits per heavy atom. The predicted octanol–water partition coefficient (Wildman–Crippen LogP) is 1.90. The van der Waals surface area contributed by atoms with E-state index in [4.69, 9.17) is 14.7 Å². The number of ether oxygens (including phenoxy) is 2. The summed E-state index contributed by atoms with van der Waals surface area (Å²) in [6.07, 6.45) is 0. The molecule has 0 atom stereocenters. The Bertz CT molecular complexity index is 748. The first-order chi connectivity index (χ1) is 11.1. The highest BCUT2D eigenvalue weighted by molar-refractivity contribution is 6.05. The number of methoxy groups -OCH3 is 1. The van der Waals surface area contributed by atoms with E-state index in [9.17, 15) is 9.59 Å². The number of rotatable bonds is 5. The van der Waals surface area contributed by atoms with Gasteiger partial charge in [-0.2, -0.15) is 5.26 Å². The third kappa shape index (κ3) is 4.32. The standard InChI is InChI=1S/C17H14N2O4/c1-22-14-8-6-12(7-9-14)17(21)19-16(20)11-23-15-5-3-2-4-13(15)10-18/h2-9H,11H2,1H3,(H,19,20,21). The van der Waals surface area contributed by atoms with E-state index in [-0.39, 0.29) is 6.61 Å². The quantitative estimate of drug-likeness (QED) is 0.911. The van der Waals surface area contributed by atoms with Crippen molar-refractivity contribution >= 4 is 11.8 Å². The fourth-order valence-corrected chi connectivity index (χ4v) is 1.81. The summed E-state index contributed by atoms with van der Waals surface area (Å²) in [6.45, 7) is -0.361. The molecule has 0 saturated carbocycles. The van der Waals surface area contributed by atoms with E-state index in [0.29, 0.717) is 22.6 Å². The van der Waals surface area contributed by atoms with E-state index in [1.54, 1.807) is 48.5 Å². The first-order valence-electron chi connectivity index (χ1n) is 6.74. The highest BCUT2D eigenvalue weighted by atomic mass is 16.5. The smallest absolute Gasteiger partial charge is 0.264 e. The lowest BCUT2D eigenvalue weighted by Gasteiger charge is -2.08. The Morgan fingerprint density at radius 1 is 1.13 bits per heavy atom. The number of hydrogen-bond donors (Lipinski definition) is 1. The van der Waals surface area contributed by atoms with E-state index in [1.165, 1.54) is 7.11 Å². The molecule has 2 rings (SSSR count). The summed E-state index contributed by atoms with van der Waals surface area (Å²) in [5.74, 6) is -0.222. The summed E-state index contributed by atoms with van der Waals surface area (Å²) >= 11 is 0. The average molecular weight is 310 g/mol. The van der Waals surface area contributed by atoms with Gasteiger partial charge >= 0.3 is 0 Å². The summed E-state index contributed by atoms with van der Waals surface area (Å²) in [5.41, 5.74) is 0.651. The minimum atomic E-state index is -0.599. The number of imide groups is 1. The molecular formula is C17H14N2O4. The van der Waals surface area contributed by atoms with Gasteiger partial charge in [0.2, 0.25) is 0 Å². The van der Waals surface area contributed by atoms with Gasteiger partial charge in [0.1, 0.15) is 17.6 Å². The largest absolute Gasteiger partial charge is 0.497 e. The van der Waals surface area contributed by atoms with Crippen LogP contribution >= 0.6 is 0 Å². The van der Waals surface area contributed by atoms with E-state index in [0.717, 1.165) is 0 Å². The van der Waals surface area contributed by atoms with Crippen molar-refractivity contribution in [1.29, 1.82) is 5.26 Å². The number of carbonyl (C=O) groups excluding carboxylic acids is 2.